The van der Waals surface area contributed by atoms with Crippen LogP contribution in [0.15, 0.2) is 48.5 Å². The zero-order valence-corrected chi connectivity index (χ0v) is 14.4. The third-order valence-corrected chi connectivity index (χ3v) is 3.67. The van der Waals surface area contributed by atoms with Gasteiger partial charge in [0.05, 0.1) is 12.0 Å². The van der Waals surface area contributed by atoms with Crippen molar-refractivity contribution in [3.63, 3.8) is 0 Å². The first-order valence-electron chi connectivity index (χ1n) is 7.36. The standard InChI is InChI=1S/C18H14ClNO6/c1-25-18(22)11-26-15-6-2-12(3-7-15)17(21)9-4-13-10-14(20(23)24)5-8-16(13)19/h2-10H,11H2,1H3. The van der Waals surface area contributed by atoms with Gasteiger partial charge in [0.1, 0.15) is 5.75 Å². The fourth-order valence-electron chi connectivity index (χ4n) is 1.95. The first-order chi connectivity index (χ1) is 12.4. The van der Waals surface area contributed by atoms with E-state index in [1.54, 1.807) is 12.1 Å². The van der Waals surface area contributed by atoms with E-state index >= 15 is 0 Å². The molecule has 0 aliphatic carbocycles. The summed E-state index contributed by atoms with van der Waals surface area (Å²) in [6, 6.07) is 10.1. The second-order valence-electron chi connectivity index (χ2n) is 5.05. The number of carbonyl (C=O) groups excluding carboxylic acids is 2. The number of carbonyl (C=O) groups is 2. The summed E-state index contributed by atoms with van der Waals surface area (Å²) in [5.41, 5.74) is 0.633. The van der Waals surface area contributed by atoms with Crippen LogP contribution in [0.5, 0.6) is 5.75 Å². The molecule has 2 rings (SSSR count). The Morgan fingerprint density at radius 1 is 1.19 bits per heavy atom. The normalized spacial score (nSPS) is 10.5. The van der Waals surface area contributed by atoms with Gasteiger partial charge in [0, 0.05) is 22.7 Å². The molecule has 7 nitrogen and oxygen atoms in total. The quantitative estimate of drug-likeness (QED) is 0.241. The highest BCUT2D eigenvalue weighted by molar-refractivity contribution is 6.32. The van der Waals surface area contributed by atoms with E-state index in [0.29, 0.717) is 21.9 Å². The van der Waals surface area contributed by atoms with Gasteiger partial charge in [-0.1, -0.05) is 11.6 Å². The fourth-order valence-corrected chi connectivity index (χ4v) is 2.13. The molecule has 2 aromatic carbocycles. The van der Waals surface area contributed by atoms with Crippen LogP contribution < -0.4 is 4.74 Å². The van der Waals surface area contributed by atoms with Gasteiger partial charge in [0.15, 0.2) is 12.4 Å². The average Bonchev–Trinajstić information content (AvgIpc) is 2.65. The van der Waals surface area contributed by atoms with E-state index in [2.05, 4.69) is 4.74 Å². The maximum absolute atomic E-state index is 12.2. The molecule has 134 valence electrons. The van der Waals surface area contributed by atoms with Gasteiger partial charge < -0.3 is 9.47 Å². The smallest absolute Gasteiger partial charge is 0.343 e. The number of rotatable bonds is 7. The summed E-state index contributed by atoms with van der Waals surface area (Å²) in [5.74, 6) is -0.410. The molecule has 0 N–H and O–H groups in total. The second kappa shape index (κ2) is 8.77. The minimum absolute atomic E-state index is 0.117. The topological polar surface area (TPSA) is 95.7 Å². The minimum atomic E-state index is -0.539. The number of benzene rings is 2. The van der Waals surface area contributed by atoms with E-state index in [9.17, 15) is 19.7 Å². The van der Waals surface area contributed by atoms with Gasteiger partial charge >= 0.3 is 5.97 Å². The number of halogens is 1. The molecule has 0 bridgehead atoms. The predicted octanol–water partition coefficient (Wildman–Crippen LogP) is 3.70. The average molecular weight is 376 g/mol. The maximum Gasteiger partial charge on any atom is 0.343 e. The van der Waals surface area contributed by atoms with Crippen molar-refractivity contribution in [1.29, 1.82) is 0 Å². The Morgan fingerprint density at radius 2 is 1.88 bits per heavy atom. The van der Waals surface area contributed by atoms with Crippen molar-refractivity contribution in [3.8, 4) is 5.75 Å². The Morgan fingerprint density at radius 3 is 2.50 bits per heavy atom. The molecule has 0 spiro atoms. The van der Waals surface area contributed by atoms with Crippen molar-refractivity contribution in [3.05, 3.63) is 74.8 Å². The molecule has 0 radical (unpaired) electrons. The van der Waals surface area contributed by atoms with Crippen LogP contribution in [-0.2, 0) is 9.53 Å². The highest BCUT2D eigenvalue weighted by atomic mass is 35.5. The van der Waals surface area contributed by atoms with Crippen molar-refractivity contribution < 1.29 is 24.0 Å². The summed E-state index contributed by atoms with van der Waals surface area (Å²) < 4.78 is 9.65. The van der Waals surface area contributed by atoms with Crippen LogP contribution >= 0.6 is 11.6 Å². The Balaban J connectivity index is 2.08. The largest absolute Gasteiger partial charge is 0.482 e. The Bertz CT molecular complexity index is 860. The number of methoxy groups -OCH3 is 1. The van der Waals surface area contributed by atoms with Crippen molar-refractivity contribution in [1.82, 2.24) is 0 Å². The molecule has 2 aromatic rings. The lowest BCUT2D eigenvalue weighted by atomic mass is 10.1. The molecule has 26 heavy (non-hydrogen) atoms. The summed E-state index contributed by atoms with van der Waals surface area (Å²) in [4.78, 5) is 33.5. The van der Waals surface area contributed by atoms with E-state index in [1.807, 2.05) is 0 Å². The van der Waals surface area contributed by atoms with Crippen molar-refractivity contribution in [2.45, 2.75) is 0 Å². The van der Waals surface area contributed by atoms with Crippen LogP contribution in [0.3, 0.4) is 0 Å². The van der Waals surface area contributed by atoms with Crippen LogP contribution in [-0.4, -0.2) is 30.4 Å². The first kappa shape index (κ1) is 19.1. The predicted molar refractivity (Wildman–Crippen MR) is 95.4 cm³/mol. The highest BCUT2D eigenvalue weighted by Gasteiger charge is 2.09. The Labute approximate surface area is 153 Å². The van der Waals surface area contributed by atoms with Crippen LogP contribution in [0.4, 0.5) is 5.69 Å². The Hall–Kier alpha value is -3.19. The lowest BCUT2D eigenvalue weighted by molar-refractivity contribution is -0.384. The number of nitro benzene ring substituents is 1. The molecule has 0 heterocycles. The summed E-state index contributed by atoms with van der Waals surface area (Å²) in [7, 11) is 1.26. The SMILES string of the molecule is COC(=O)COc1ccc(C(=O)C=Cc2cc([N+](=O)[O-])ccc2Cl)cc1. The van der Waals surface area contributed by atoms with Gasteiger partial charge in [-0.05, 0) is 48.0 Å². The van der Waals surface area contributed by atoms with Gasteiger partial charge in [-0.25, -0.2) is 4.79 Å². The van der Waals surface area contributed by atoms with Crippen molar-refractivity contribution in [2.75, 3.05) is 13.7 Å². The molecule has 0 aromatic heterocycles. The molecular weight excluding hydrogens is 362 g/mol. The molecule has 0 unspecified atom stereocenters. The van der Waals surface area contributed by atoms with E-state index < -0.39 is 10.9 Å². The lowest BCUT2D eigenvalue weighted by Crippen LogP contribution is -2.12. The summed E-state index contributed by atoms with van der Waals surface area (Å²) in [5, 5.41) is 11.1. The zero-order valence-electron chi connectivity index (χ0n) is 13.7. The van der Waals surface area contributed by atoms with Gasteiger partial charge in [-0.15, -0.1) is 0 Å². The molecule has 0 atom stereocenters. The summed E-state index contributed by atoms with van der Waals surface area (Å²) in [6.45, 7) is -0.227. The minimum Gasteiger partial charge on any atom is -0.482 e. The van der Waals surface area contributed by atoms with Crippen molar-refractivity contribution >= 4 is 35.1 Å². The third kappa shape index (κ3) is 5.15. The van der Waals surface area contributed by atoms with Gasteiger partial charge in [-0.2, -0.15) is 0 Å². The zero-order chi connectivity index (χ0) is 19.1. The number of allylic oxidation sites excluding steroid dienone is 1. The molecular formula is C18H14ClNO6. The lowest BCUT2D eigenvalue weighted by Gasteiger charge is -2.05. The number of hydrogen-bond acceptors (Lipinski definition) is 6. The molecule has 0 saturated carbocycles. The molecule has 0 aliphatic heterocycles. The number of non-ortho nitro benzene ring substituents is 1. The number of nitro groups is 1. The van der Waals surface area contributed by atoms with Gasteiger partial charge in [0.2, 0.25) is 0 Å². The van der Waals surface area contributed by atoms with Crippen LogP contribution in [0.1, 0.15) is 15.9 Å². The van der Waals surface area contributed by atoms with E-state index in [-0.39, 0.29) is 18.1 Å². The van der Waals surface area contributed by atoms with Crippen LogP contribution in [0, 0.1) is 10.1 Å². The highest BCUT2D eigenvalue weighted by Crippen LogP contribution is 2.23. The number of nitrogens with zero attached hydrogens (tertiary/aromatic N) is 1. The molecule has 0 aliphatic rings. The summed E-state index contributed by atoms with van der Waals surface area (Å²) in [6.07, 6.45) is 2.69. The molecule has 8 heteroatoms. The molecule has 0 fully saturated rings. The van der Waals surface area contributed by atoms with E-state index in [4.69, 9.17) is 16.3 Å². The number of ether oxygens (including phenoxy) is 2. The summed E-state index contributed by atoms with van der Waals surface area (Å²) >= 11 is 5.98. The number of esters is 1. The van der Waals surface area contributed by atoms with Crippen molar-refractivity contribution in [2.24, 2.45) is 0 Å². The van der Waals surface area contributed by atoms with Crippen LogP contribution in [0.2, 0.25) is 5.02 Å². The van der Waals surface area contributed by atoms with Gasteiger partial charge in [0.25, 0.3) is 5.69 Å². The first-order valence-corrected chi connectivity index (χ1v) is 7.74. The molecule has 0 saturated heterocycles. The van der Waals surface area contributed by atoms with E-state index in [0.717, 1.165) is 0 Å². The number of hydrogen-bond donors (Lipinski definition) is 0. The van der Waals surface area contributed by atoms with Crippen LogP contribution in [0.25, 0.3) is 6.08 Å². The fraction of sp³-hybridized carbons (Fsp3) is 0.111. The number of ketones is 1. The monoisotopic (exact) mass is 375 g/mol. The van der Waals surface area contributed by atoms with E-state index in [1.165, 1.54) is 49.6 Å². The molecule has 0 amide bonds. The van der Waals surface area contributed by atoms with Gasteiger partial charge in [-0.3, -0.25) is 14.9 Å². The maximum atomic E-state index is 12.2. The second-order valence-corrected chi connectivity index (χ2v) is 5.46. The third-order valence-electron chi connectivity index (χ3n) is 3.33. The Kier molecular flexibility index (Phi) is 6.46.